The molecule has 2 aliphatic rings. The lowest BCUT2D eigenvalue weighted by Crippen LogP contribution is -2.39. The van der Waals surface area contributed by atoms with Gasteiger partial charge in [0.25, 0.3) is 0 Å². The Hall–Kier alpha value is -7.76. The molecule has 272 valence electrons. The maximum Gasteiger partial charge on any atom is 0.162 e. The van der Waals surface area contributed by atoms with E-state index in [1.807, 2.05) is 24.3 Å². The van der Waals surface area contributed by atoms with Gasteiger partial charge in [-0.1, -0.05) is 152 Å². The molecule has 2 aliphatic heterocycles. The number of ether oxygens (including phenoxy) is 1. The second-order valence-corrected chi connectivity index (χ2v) is 14.9. The van der Waals surface area contributed by atoms with Crippen molar-refractivity contribution in [3.8, 4) is 40.0 Å². The minimum absolute atomic E-state index is 0.670. The summed E-state index contributed by atoms with van der Waals surface area (Å²) in [7, 11) is 0. The van der Waals surface area contributed by atoms with E-state index < -0.39 is 5.41 Å². The summed E-state index contributed by atoms with van der Waals surface area (Å²) >= 11 is 0. The SMILES string of the molecule is c1ccc(-c2cc(-n3c4ccccc4c4cc5c(cc43)Oc3ccccc3C53c4ccccc4N(c4ccccc4)c4ccccc43)nc(-c3ccccc3)n2)cc1. The molecule has 4 heterocycles. The molecule has 2 aromatic heterocycles. The number of benzene rings is 8. The molecule has 8 aromatic carbocycles. The fraction of sp³-hybridized carbons (Fsp3) is 0.0189. The topological polar surface area (TPSA) is 43.2 Å². The van der Waals surface area contributed by atoms with E-state index in [9.17, 15) is 0 Å². The van der Waals surface area contributed by atoms with Gasteiger partial charge in [-0.3, -0.25) is 4.57 Å². The summed E-state index contributed by atoms with van der Waals surface area (Å²) in [5, 5.41) is 2.26. The highest BCUT2D eigenvalue weighted by Gasteiger charge is 2.51. The average molecular weight is 743 g/mol. The number of aromatic nitrogens is 3. The number of nitrogens with zero attached hydrogens (tertiary/aromatic N) is 4. The van der Waals surface area contributed by atoms with Gasteiger partial charge in [0.1, 0.15) is 17.3 Å². The van der Waals surface area contributed by atoms with E-state index in [1.54, 1.807) is 0 Å². The van der Waals surface area contributed by atoms with Crippen LogP contribution in [0.2, 0.25) is 0 Å². The maximum absolute atomic E-state index is 7.07. The molecule has 0 atom stereocenters. The number of rotatable bonds is 4. The Morgan fingerprint density at radius 1 is 0.414 bits per heavy atom. The van der Waals surface area contributed by atoms with Crippen molar-refractivity contribution in [3.63, 3.8) is 0 Å². The molecular formula is C53H34N4O. The Morgan fingerprint density at radius 2 is 1.00 bits per heavy atom. The van der Waals surface area contributed by atoms with E-state index in [0.29, 0.717) is 5.82 Å². The second-order valence-electron chi connectivity index (χ2n) is 14.9. The minimum atomic E-state index is -0.685. The quantitative estimate of drug-likeness (QED) is 0.180. The lowest BCUT2D eigenvalue weighted by molar-refractivity contribution is 0.435. The molecule has 10 aromatic rings. The lowest BCUT2D eigenvalue weighted by Gasteiger charge is -2.48. The van der Waals surface area contributed by atoms with Crippen molar-refractivity contribution in [1.29, 1.82) is 0 Å². The third-order valence-corrected chi connectivity index (χ3v) is 11.8. The Morgan fingerprint density at radius 3 is 1.72 bits per heavy atom. The summed E-state index contributed by atoms with van der Waals surface area (Å²) < 4.78 is 9.35. The van der Waals surface area contributed by atoms with Crippen molar-refractivity contribution < 1.29 is 4.74 Å². The van der Waals surface area contributed by atoms with Crippen LogP contribution in [0.5, 0.6) is 11.5 Å². The summed E-state index contributed by atoms with van der Waals surface area (Å²) in [6, 6.07) is 73.0. The van der Waals surface area contributed by atoms with Crippen LogP contribution in [0.15, 0.2) is 206 Å². The predicted molar refractivity (Wildman–Crippen MR) is 234 cm³/mol. The lowest BCUT2D eigenvalue weighted by atomic mass is 9.61. The zero-order valence-corrected chi connectivity index (χ0v) is 31.3. The van der Waals surface area contributed by atoms with Gasteiger partial charge in [-0.2, -0.15) is 0 Å². The highest BCUT2D eigenvalue weighted by atomic mass is 16.5. The first-order chi connectivity index (χ1) is 28.8. The third-order valence-electron chi connectivity index (χ3n) is 11.8. The Labute approximate surface area is 335 Å². The molecule has 0 bridgehead atoms. The van der Waals surface area contributed by atoms with E-state index in [4.69, 9.17) is 14.7 Å². The van der Waals surface area contributed by atoms with Crippen molar-refractivity contribution >= 4 is 38.9 Å². The van der Waals surface area contributed by atoms with Gasteiger partial charge in [0.05, 0.1) is 33.5 Å². The van der Waals surface area contributed by atoms with Crippen molar-refractivity contribution in [2.75, 3.05) is 4.90 Å². The summed E-state index contributed by atoms with van der Waals surface area (Å²) in [5.41, 5.74) is 12.3. The number of para-hydroxylation sites is 5. The highest BCUT2D eigenvalue weighted by molar-refractivity contribution is 6.10. The summed E-state index contributed by atoms with van der Waals surface area (Å²) in [4.78, 5) is 12.8. The highest BCUT2D eigenvalue weighted by Crippen LogP contribution is 2.63. The summed E-state index contributed by atoms with van der Waals surface area (Å²) in [6.07, 6.45) is 0. The number of hydrogen-bond acceptors (Lipinski definition) is 4. The standard InChI is InChI=1S/C53H34N4O/c1-4-18-35(19-5-1)44-33-51(55-52(54-44)36-20-6-2-7-21-36)57-45-28-14-10-24-38(45)39-32-43-50(34-48(39)57)58-49-31-17-13-27-42(49)53(43)40-25-11-15-29-46(40)56(37-22-8-3-9-23-37)47-30-16-12-26-41(47)53/h1-34H. The maximum atomic E-state index is 7.07. The molecule has 0 saturated carbocycles. The molecule has 0 N–H and O–H groups in total. The summed E-state index contributed by atoms with van der Waals surface area (Å²) in [5.74, 6) is 3.11. The van der Waals surface area contributed by atoms with E-state index >= 15 is 0 Å². The average Bonchev–Trinajstić information content (AvgIpc) is 3.62. The second kappa shape index (κ2) is 12.6. The largest absolute Gasteiger partial charge is 0.457 e. The van der Waals surface area contributed by atoms with Crippen LogP contribution in [0, 0.1) is 0 Å². The molecule has 0 amide bonds. The fourth-order valence-corrected chi connectivity index (χ4v) is 9.45. The van der Waals surface area contributed by atoms with E-state index in [2.05, 4.69) is 191 Å². The Bertz CT molecular complexity index is 3110. The predicted octanol–water partition coefficient (Wildman–Crippen LogP) is 13.2. The van der Waals surface area contributed by atoms with Crippen LogP contribution < -0.4 is 9.64 Å². The van der Waals surface area contributed by atoms with Crippen LogP contribution in [0.3, 0.4) is 0 Å². The molecule has 0 radical (unpaired) electrons. The van der Waals surface area contributed by atoms with E-state index in [-0.39, 0.29) is 0 Å². The van der Waals surface area contributed by atoms with E-state index in [1.165, 1.54) is 11.1 Å². The van der Waals surface area contributed by atoms with Crippen LogP contribution in [-0.4, -0.2) is 14.5 Å². The first kappa shape index (κ1) is 32.5. The third kappa shape index (κ3) is 4.64. The zero-order valence-electron chi connectivity index (χ0n) is 31.3. The van der Waals surface area contributed by atoms with Gasteiger partial charge < -0.3 is 9.64 Å². The van der Waals surface area contributed by atoms with Gasteiger partial charge in [0.2, 0.25) is 0 Å². The molecule has 5 heteroatoms. The number of hydrogen-bond donors (Lipinski definition) is 0. The Kier molecular flexibility index (Phi) is 7.07. The molecule has 1 spiro atoms. The smallest absolute Gasteiger partial charge is 0.162 e. The first-order valence-corrected chi connectivity index (χ1v) is 19.7. The van der Waals surface area contributed by atoms with Gasteiger partial charge in [0.15, 0.2) is 5.82 Å². The number of fused-ring (bicyclic) bond motifs is 11. The van der Waals surface area contributed by atoms with Gasteiger partial charge in [-0.15, -0.1) is 0 Å². The monoisotopic (exact) mass is 742 g/mol. The van der Waals surface area contributed by atoms with Gasteiger partial charge in [-0.25, -0.2) is 9.97 Å². The van der Waals surface area contributed by atoms with Crippen LogP contribution in [0.4, 0.5) is 17.1 Å². The first-order valence-electron chi connectivity index (χ1n) is 19.7. The van der Waals surface area contributed by atoms with Crippen molar-refractivity contribution in [1.82, 2.24) is 14.5 Å². The van der Waals surface area contributed by atoms with Crippen molar-refractivity contribution in [3.05, 3.63) is 229 Å². The van der Waals surface area contributed by atoms with Crippen LogP contribution in [0.25, 0.3) is 50.3 Å². The van der Waals surface area contributed by atoms with Crippen LogP contribution >= 0.6 is 0 Å². The van der Waals surface area contributed by atoms with Gasteiger partial charge in [0, 0.05) is 50.8 Å². The minimum Gasteiger partial charge on any atom is -0.457 e. The molecular weight excluding hydrogens is 709 g/mol. The zero-order chi connectivity index (χ0) is 38.2. The summed E-state index contributed by atoms with van der Waals surface area (Å²) in [6.45, 7) is 0. The van der Waals surface area contributed by atoms with E-state index in [0.717, 1.165) is 84.1 Å². The molecule has 0 saturated heterocycles. The van der Waals surface area contributed by atoms with Crippen LogP contribution in [-0.2, 0) is 5.41 Å². The fourth-order valence-electron chi connectivity index (χ4n) is 9.45. The molecule has 58 heavy (non-hydrogen) atoms. The van der Waals surface area contributed by atoms with Gasteiger partial charge >= 0.3 is 0 Å². The van der Waals surface area contributed by atoms with Gasteiger partial charge in [-0.05, 0) is 53.6 Å². The van der Waals surface area contributed by atoms with Crippen molar-refractivity contribution in [2.24, 2.45) is 0 Å². The normalized spacial score (nSPS) is 13.4. The molecule has 0 aliphatic carbocycles. The number of anilines is 3. The van der Waals surface area contributed by atoms with Crippen LogP contribution in [0.1, 0.15) is 22.3 Å². The molecule has 12 rings (SSSR count). The molecule has 0 fully saturated rings. The Balaban J connectivity index is 1.18. The molecule has 5 nitrogen and oxygen atoms in total. The molecule has 0 unspecified atom stereocenters. The van der Waals surface area contributed by atoms with Crippen molar-refractivity contribution in [2.45, 2.75) is 5.41 Å².